The van der Waals surface area contributed by atoms with Crippen LogP contribution < -0.4 is 5.73 Å². The average molecular weight is 327 g/mol. The average Bonchev–Trinajstić information content (AvgIpc) is 2.85. The lowest BCUT2D eigenvalue weighted by molar-refractivity contribution is 0.0770. The first-order valence-corrected chi connectivity index (χ1v) is 8.25. The summed E-state index contributed by atoms with van der Waals surface area (Å²) in [5.41, 5.74) is 6.74. The summed E-state index contributed by atoms with van der Waals surface area (Å²) in [6.07, 6.45) is 4.78. The highest BCUT2D eigenvalue weighted by molar-refractivity contribution is 6.35. The van der Waals surface area contributed by atoms with E-state index in [0.29, 0.717) is 28.1 Å². The molecule has 21 heavy (non-hydrogen) atoms. The van der Waals surface area contributed by atoms with Crippen LogP contribution in [-0.2, 0) is 0 Å². The van der Waals surface area contributed by atoms with Crippen LogP contribution in [0.3, 0.4) is 0 Å². The molecule has 2 atom stereocenters. The topological polar surface area (TPSA) is 46.3 Å². The number of hydrogen-bond donors (Lipinski definition) is 1. The Morgan fingerprint density at radius 2 is 2.00 bits per heavy atom. The molecule has 1 aliphatic carbocycles. The second-order valence-electron chi connectivity index (χ2n) is 6.35. The second kappa shape index (κ2) is 5.79. The molecule has 2 fully saturated rings. The van der Waals surface area contributed by atoms with Gasteiger partial charge < -0.3 is 10.6 Å². The Hall–Kier alpha value is -0.770. The molecule has 1 saturated carbocycles. The van der Waals surface area contributed by atoms with Gasteiger partial charge >= 0.3 is 0 Å². The summed E-state index contributed by atoms with van der Waals surface area (Å²) in [4.78, 5) is 14.7. The van der Waals surface area contributed by atoms with E-state index in [4.69, 9.17) is 28.9 Å². The summed E-state index contributed by atoms with van der Waals surface area (Å²) >= 11 is 12.0. The Labute approximate surface area is 135 Å². The molecule has 0 radical (unpaired) electrons. The van der Waals surface area contributed by atoms with Crippen molar-refractivity contribution in [2.24, 2.45) is 17.1 Å². The molecule has 1 saturated heterocycles. The van der Waals surface area contributed by atoms with Crippen LogP contribution in [0.15, 0.2) is 18.2 Å². The van der Waals surface area contributed by atoms with Crippen LogP contribution in [0, 0.1) is 11.3 Å². The van der Waals surface area contributed by atoms with Crippen molar-refractivity contribution in [3.05, 3.63) is 33.8 Å². The number of carbonyl (C=O) groups is 1. The smallest absolute Gasteiger partial charge is 0.253 e. The van der Waals surface area contributed by atoms with Crippen molar-refractivity contribution >= 4 is 29.1 Å². The normalized spacial score (nSPS) is 28.5. The van der Waals surface area contributed by atoms with Crippen molar-refractivity contribution < 1.29 is 4.79 Å². The molecule has 1 aromatic rings. The third kappa shape index (κ3) is 2.79. The lowest BCUT2D eigenvalue weighted by atomic mass is 9.68. The van der Waals surface area contributed by atoms with Gasteiger partial charge in [-0.15, -0.1) is 0 Å². The Morgan fingerprint density at radius 3 is 2.62 bits per heavy atom. The van der Waals surface area contributed by atoms with Gasteiger partial charge in [0.15, 0.2) is 0 Å². The zero-order valence-electron chi connectivity index (χ0n) is 11.9. The van der Waals surface area contributed by atoms with E-state index in [2.05, 4.69) is 0 Å². The quantitative estimate of drug-likeness (QED) is 0.902. The Morgan fingerprint density at radius 1 is 1.29 bits per heavy atom. The molecule has 114 valence electrons. The van der Waals surface area contributed by atoms with Gasteiger partial charge in [-0.25, -0.2) is 0 Å². The number of fused-ring (bicyclic) bond motifs is 1. The monoisotopic (exact) mass is 326 g/mol. The number of nitrogens with zero attached hydrogens (tertiary/aromatic N) is 1. The lowest BCUT2D eigenvalue weighted by Crippen LogP contribution is -2.40. The van der Waals surface area contributed by atoms with Crippen LogP contribution in [0.5, 0.6) is 0 Å². The first kappa shape index (κ1) is 15.1. The molecule has 1 heterocycles. The standard InChI is InChI=1S/C16H20Cl2N2O/c17-13-5-11(6-14(18)7-13)15(21)20-8-12-3-1-2-4-16(12,9-19)10-20/h5-7,12H,1-4,8-10,19H2. The number of amides is 1. The van der Waals surface area contributed by atoms with Crippen LogP contribution in [-0.4, -0.2) is 30.4 Å². The predicted molar refractivity (Wildman–Crippen MR) is 85.8 cm³/mol. The number of nitrogens with two attached hydrogens (primary N) is 1. The largest absolute Gasteiger partial charge is 0.338 e. The van der Waals surface area contributed by atoms with E-state index in [1.165, 1.54) is 19.3 Å². The Kier molecular flexibility index (Phi) is 4.17. The summed E-state index contributed by atoms with van der Waals surface area (Å²) in [5, 5.41) is 0.993. The molecule has 5 heteroatoms. The SMILES string of the molecule is NCC12CCCCC1CN(C(=O)c1cc(Cl)cc(Cl)c1)C2. The number of halogens is 2. The number of benzene rings is 1. The molecule has 2 unspecified atom stereocenters. The van der Waals surface area contributed by atoms with Crippen LogP contribution in [0.25, 0.3) is 0 Å². The zero-order valence-corrected chi connectivity index (χ0v) is 13.5. The highest BCUT2D eigenvalue weighted by Gasteiger charge is 2.47. The van der Waals surface area contributed by atoms with Crippen LogP contribution in [0.2, 0.25) is 10.0 Å². The van der Waals surface area contributed by atoms with Crippen molar-refractivity contribution in [2.75, 3.05) is 19.6 Å². The van der Waals surface area contributed by atoms with Crippen molar-refractivity contribution in [3.8, 4) is 0 Å². The minimum absolute atomic E-state index is 0.0154. The summed E-state index contributed by atoms with van der Waals surface area (Å²) < 4.78 is 0. The van der Waals surface area contributed by atoms with Crippen LogP contribution in [0.4, 0.5) is 0 Å². The van der Waals surface area contributed by atoms with Gasteiger partial charge in [0.1, 0.15) is 0 Å². The molecule has 0 spiro atoms. The Balaban J connectivity index is 1.83. The fraction of sp³-hybridized carbons (Fsp3) is 0.562. The predicted octanol–water partition coefficient (Wildman–Crippen LogP) is 3.58. The third-order valence-electron chi connectivity index (χ3n) is 5.09. The fourth-order valence-corrected chi connectivity index (χ4v) is 4.46. The Bertz CT molecular complexity index is 543. The highest BCUT2D eigenvalue weighted by atomic mass is 35.5. The molecule has 1 aliphatic heterocycles. The van der Waals surface area contributed by atoms with Crippen LogP contribution >= 0.6 is 23.2 Å². The number of hydrogen-bond acceptors (Lipinski definition) is 2. The first-order chi connectivity index (χ1) is 10.0. The number of carbonyl (C=O) groups excluding carboxylic acids is 1. The minimum Gasteiger partial charge on any atom is -0.338 e. The van der Waals surface area contributed by atoms with E-state index in [1.807, 2.05) is 4.90 Å². The number of rotatable bonds is 2. The second-order valence-corrected chi connectivity index (χ2v) is 7.23. The fourth-order valence-electron chi connectivity index (χ4n) is 3.93. The summed E-state index contributed by atoms with van der Waals surface area (Å²) in [7, 11) is 0. The van der Waals surface area contributed by atoms with E-state index in [-0.39, 0.29) is 11.3 Å². The minimum atomic E-state index is 0.0154. The molecule has 1 aromatic carbocycles. The summed E-state index contributed by atoms with van der Waals surface area (Å²) in [5.74, 6) is 0.552. The first-order valence-electron chi connectivity index (χ1n) is 7.49. The lowest BCUT2D eigenvalue weighted by Gasteiger charge is -2.37. The molecule has 0 bridgehead atoms. The van der Waals surface area contributed by atoms with Gasteiger partial charge in [-0.1, -0.05) is 36.0 Å². The maximum atomic E-state index is 12.7. The van der Waals surface area contributed by atoms with Gasteiger partial charge in [-0.05, 0) is 43.5 Å². The van der Waals surface area contributed by atoms with E-state index >= 15 is 0 Å². The van der Waals surface area contributed by atoms with Gasteiger partial charge in [0.25, 0.3) is 5.91 Å². The van der Waals surface area contributed by atoms with Gasteiger partial charge in [-0.2, -0.15) is 0 Å². The van der Waals surface area contributed by atoms with Gasteiger partial charge in [0, 0.05) is 34.1 Å². The van der Waals surface area contributed by atoms with Crippen molar-refractivity contribution in [2.45, 2.75) is 25.7 Å². The van der Waals surface area contributed by atoms with E-state index < -0.39 is 0 Å². The molecule has 1 amide bonds. The maximum absolute atomic E-state index is 12.7. The maximum Gasteiger partial charge on any atom is 0.253 e. The van der Waals surface area contributed by atoms with E-state index in [0.717, 1.165) is 19.5 Å². The van der Waals surface area contributed by atoms with Gasteiger partial charge in [0.05, 0.1) is 0 Å². The van der Waals surface area contributed by atoms with E-state index in [1.54, 1.807) is 18.2 Å². The van der Waals surface area contributed by atoms with Gasteiger partial charge in [0.2, 0.25) is 0 Å². The molecular formula is C16H20Cl2N2O. The zero-order chi connectivity index (χ0) is 15.0. The van der Waals surface area contributed by atoms with Crippen molar-refractivity contribution in [3.63, 3.8) is 0 Å². The number of likely N-dealkylation sites (tertiary alicyclic amines) is 1. The molecule has 3 nitrogen and oxygen atoms in total. The molecule has 0 aromatic heterocycles. The van der Waals surface area contributed by atoms with Crippen LogP contribution in [0.1, 0.15) is 36.0 Å². The molecule has 2 N–H and O–H groups in total. The molecular weight excluding hydrogens is 307 g/mol. The van der Waals surface area contributed by atoms with E-state index in [9.17, 15) is 4.79 Å². The molecule has 3 rings (SSSR count). The van der Waals surface area contributed by atoms with Crippen molar-refractivity contribution in [1.29, 1.82) is 0 Å². The van der Waals surface area contributed by atoms with Gasteiger partial charge in [-0.3, -0.25) is 4.79 Å². The molecule has 2 aliphatic rings. The van der Waals surface area contributed by atoms with Crippen molar-refractivity contribution in [1.82, 2.24) is 4.90 Å². The highest BCUT2D eigenvalue weighted by Crippen LogP contribution is 2.46. The summed E-state index contributed by atoms with van der Waals surface area (Å²) in [6.45, 7) is 2.23. The summed E-state index contributed by atoms with van der Waals surface area (Å²) in [6, 6.07) is 5.02. The third-order valence-corrected chi connectivity index (χ3v) is 5.53.